The fourth-order valence-corrected chi connectivity index (χ4v) is 4.18. The Morgan fingerprint density at radius 1 is 1.16 bits per heavy atom. The molecule has 2 aromatic carbocycles. The molecule has 32 heavy (non-hydrogen) atoms. The Hall–Kier alpha value is -2.57. The lowest BCUT2D eigenvalue weighted by Gasteiger charge is -2.34. The number of rotatable bonds is 7. The van der Waals surface area contributed by atoms with Crippen LogP contribution in [0.3, 0.4) is 0 Å². The van der Waals surface area contributed by atoms with E-state index in [0.29, 0.717) is 6.54 Å². The molecule has 1 aliphatic heterocycles. The van der Waals surface area contributed by atoms with E-state index in [-0.39, 0.29) is 37.0 Å². The van der Waals surface area contributed by atoms with E-state index in [0.717, 1.165) is 30.1 Å². The molecule has 0 unspecified atom stereocenters. The van der Waals surface area contributed by atoms with E-state index in [9.17, 15) is 9.90 Å². The number of carbonyl (C=O) groups is 1. The van der Waals surface area contributed by atoms with Crippen molar-refractivity contribution in [1.82, 2.24) is 9.80 Å². The highest BCUT2D eigenvalue weighted by Gasteiger charge is 2.31. The summed E-state index contributed by atoms with van der Waals surface area (Å²) in [6.45, 7) is 6.10. The lowest BCUT2D eigenvalue weighted by Crippen LogP contribution is -2.47. The monoisotopic (exact) mass is 439 g/mol. The zero-order valence-corrected chi connectivity index (χ0v) is 20.0. The number of fused-ring (bicyclic) bond motifs is 1. The van der Waals surface area contributed by atoms with E-state index >= 15 is 0 Å². The summed E-state index contributed by atoms with van der Waals surface area (Å²) in [5, 5.41) is 9.77. The maximum absolute atomic E-state index is 13.2. The van der Waals surface area contributed by atoms with Crippen molar-refractivity contribution >= 4 is 11.6 Å². The van der Waals surface area contributed by atoms with Crippen molar-refractivity contribution in [2.75, 3.05) is 45.7 Å². The summed E-state index contributed by atoms with van der Waals surface area (Å²) in [5.74, 6) is 0.899. The summed E-state index contributed by atoms with van der Waals surface area (Å²) in [5.41, 5.74) is 3.18. The molecule has 6 heteroatoms. The summed E-state index contributed by atoms with van der Waals surface area (Å²) in [6, 6.07) is 16.2. The minimum atomic E-state index is -0.230. The number of ether oxygens (including phenoxy) is 1. The molecule has 6 nitrogen and oxygen atoms in total. The molecule has 3 rings (SSSR count). The molecule has 174 valence electrons. The van der Waals surface area contributed by atoms with Gasteiger partial charge in [0.2, 0.25) is 5.91 Å². The van der Waals surface area contributed by atoms with E-state index in [1.807, 2.05) is 55.1 Å². The summed E-state index contributed by atoms with van der Waals surface area (Å²) in [6.07, 6.45) is 0.174. The zero-order chi connectivity index (χ0) is 23.3. The third kappa shape index (κ3) is 6.02. The number of aliphatic hydroxyl groups excluding tert-OH is 1. The van der Waals surface area contributed by atoms with Crippen molar-refractivity contribution in [3.8, 4) is 5.75 Å². The van der Waals surface area contributed by atoms with Gasteiger partial charge in [-0.15, -0.1) is 0 Å². The first-order valence-electron chi connectivity index (χ1n) is 11.4. The second kappa shape index (κ2) is 10.8. The van der Waals surface area contributed by atoms with Crippen molar-refractivity contribution in [3.05, 3.63) is 59.7 Å². The van der Waals surface area contributed by atoms with Crippen molar-refractivity contribution in [3.63, 3.8) is 0 Å². The highest BCUT2D eigenvalue weighted by atomic mass is 16.5. The van der Waals surface area contributed by atoms with E-state index in [1.165, 1.54) is 5.56 Å². The van der Waals surface area contributed by atoms with Crippen LogP contribution in [0.1, 0.15) is 25.0 Å². The Bertz CT molecular complexity index is 887. The van der Waals surface area contributed by atoms with Crippen molar-refractivity contribution in [2.24, 2.45) is 5.92 Å². The Morgan fingerprint density at radius 3 is 2.53 bits per heavy atom. The molecule has 0 aliphatic carbocycles. The summed E-state index contributed by atoms with van der Waals surface area (Å²) < 4.78 is 6.58. The highest BCUT2D eigenvalue weighted by Crippen LogP contribution is 2.30. The van der Waals surface area contributed by atoms with Gasteiger partial charge in [-0.2, -0.15) is 0 Å². The van der Waals surface area contributed by atoms with Gasteiger partial charge in [0.25, 0.3) is 0 Å². The molecule has 1 amide bonds. The quantitative estimate of drug-likeness (QED) is 0.719. The van der Waals surface area contributed by atoms with Crippen LogP contribution in [0.15, 0.2) is 48.5 Å². The normalized spacial score (nSPS) is 20.1. The minimum Gasteiger partial charge on any atom is -0.488 e. The van der Waals surface area contributed by atoms with Crippen molar-refractivity contribution in [2.45, 2.75) is 39.0 Å². The third-order valence-electron chi connectivity index (χ3n) is 6.20. The number of benzene rings is 2. The number of hydrogen-bond donors (Lipinski definition) is 1. The second-order valence-electron chi connectivity index (χ2n) is 9.26. The SMILES string of the molecule is C[C@H]1CN([C@@H](C)CO)C(=O)Cc2cc(N(C)C)ccc2O[C@@H]1CN(C)Cc1ccccc1. The van der Waals surface area contributed by atoms with E-state index < -0.39 is 0 Å². The smallest absolute Gasteiger partial charge is 0.227 e. The molecule has 1 N–H and O–H groups in total. The van der Waals surface area contributed by atoms with Gasteiger partial charge in [0.05, 0.1) is 19.1 Å². The van der Waals surface area contributed by atoms with Crippen LogP contribution >= 0.6 is 0 Å². The number of likely N-dealkylation sites (N-methyl/N-ethyl adjacent to an activating group) is 1. The second-order valence-corrected chi connectivity index (χ2v) is 9.26. The van der Waals surface area contributed by atoms with Crippen LogP contribution in [-0.4, -0.2) is 73.8 Å². The summed E-state index contributed by atoms with van der Waals surface area (Å²) in [7, 11) is 6.08. The standard InChI is InChI=1S/C26H37N3O3/c1-19-15-29(20(2)18-30)26(31)14-22-13-23(27(3)4)11-12-24(22)32-25(19)17-28(5)16-21-9-7-6-8-10-21/h6-13,19-20,25,30H,14-18H2,1-5H3/t19-,20-,25+/m0/s1. The number of hydrogen-bond acceptors (Lipinski definition) is 5. The Labute approximate surface area is 192 Å². The van der Waals surface area contributed by atoms with E-state index in [2.05, 4.69) is 43.1 Å². The molecule has 0 fully saturated rings. The molecule has 0 saturated heterocycles. The van der Waals surface area contributed by atoms with Gasteiger partial charge in [-0.05, 0) is 37.7 Å². The van der Waals surface area contributed by atoms with Crippen molar-refractivity contribution in [1.29, 1.82) is 0 Å². The molecule has 0 bridgehead atoms. The van der Waals surface area contributed by atoms with Gasteiger partial charge in [0.15, 0.2) is 0 Å². The van der Waals surface area contributed by atoms with Gasteiger partial charge in [0, 0.05) is 50.9 Å². The lowest BCUT2D eigenvalue weighted by molar-refractivity contribution is -0.134. The van der Waals surface area contributed by atoms with Crippen LogP contribution in [0.4, 0.5) is 5.69 Å². The fourth-order valence-electron chi connectivity index (χ4n) is 4.18. The molecule has 0 spiro atoms. The van der Waals surface area contributed by atoms with E-state index in [4.69, 9.17) is 4.74 Å². The largest absolute Gasteiger partial charge is 0.488 e. The van der Waals surface area contributed by atoms with Gasteiger partial charge in [0.1, 0.15) is 11.9 Å². The molecule has 0 radical (unpaired) electrons. The maximum atomic E-state index is 13.2. The number of carbonyl (C=O) groups excluding carboxylic acids is 1. The number of anilines is 1. The number of aliphatic hydroxyl groups is 1. The first kappa shape index (κ1) is 24.1. The lowest BCUT2D eigenvalue weighted by atomic mass is 10.0. The summed E-state index contributed by atoms with van der Waals surface area (Å²) >= 11 is 0. The molecular weight excluding hydrogens is 402 g/mol. The van der Waals surface area contributed by atoms with Crippen LogP contribution in [0.2, 0.25) is 0 Å². The van der Waals surface area contributed by atoms with Gasteiger partial charge >= 0.3 is 0 Å². The molecule has 3 atom stereocenters. The molecular formula is C26H37N3O3. The molecule has 1 heterocycles. The summed E-state index contributed by atoms with van der Waals surface area (Å²) in [4.78, 5) is 19.3. The van der Waals surface area contributed by atoms with Gasteiger partial charge < -0.3 is 19.6 Å². The predicted molar refractivity (Wildman–Crippen MR) is 129 cm³/mol. The fraction of sp³-hybridized carbons (Fsp3) is 0.500. The van der Waals surface area contributed by atoms with Crippen molar-refractivity contribution < 1.29 is 14.6 Å². The average Bonchev–Trinajstić information content (AvgIpc) is 2.81. The molecule has 0 saturated carbocycles. The first-order valence-corrected chi connectivity index (χ1v) is 11.4. The Balaban J connectivity index is 1.89. The number of amides is 1. The van der Waals surface area contributed by atoms with Gasteiger partial charge in [-0.3, -0.25) is 9.69 Å². The van der Waals surface area contributed by atoms with Crippen LogP contribution in [-0.2, 0) is 17.8 Å². The molecule has 0 aromatic heterocycles. The number of nitrogens with zero attached hydrogens (tertiary/aromatic N) is 3. The van der Waals surface area contributed by atoms with Crippen LogP contribution in [0.25, 0.3) is 0 Å². The van der Waals surface area contributed by atoms with Crippen LogP contribution < -0.4 is 9.64 Å². The third-order valence-corrected chi connectivity index (χ3v) is 6.20. The van der Waals surface area contributed by atoms with Gasteiger partial charge in [-0.1, -0.05) is 37.3 Å². The highest BCUT2D eigenvalue weighted by molar-refractivity contribution is 5.80. The van der Waals surface area contributed by atoms with E-state index in [1.54, 1.807) is 0 Å². The van der Waals surface area contributed by atoms with Gasteiger partial charge in [-0.25, -0.2) is 0 Å². The zero-order valence-electron chi connectivity index (χ0n) is 20.0. The first-order chi connectivity index (χ1) is 15.3. The van der Waals surface area contributed by atoms with Crippen LogP contribution in [0, 0.1) is 5.92 Å². The average molecular weight is 440 g/mol. The minimum absolute atomic E-state index is 0.0254. The Morgan fingerprint density at radius 2 is 1.88 bits per heavy atom. The Kier molecular flexibility index (Phi) is 8.15. The maximum Gasteiger partial charge on any atom is 0.227 e. The van der Waals surface area contributed by atoms with Crippen LogP contribution in [0.5, 0.6) is 5.75 Å². The topological polar surface area (TPSA) is 56.3 Å². The molecule has 2 aromatic rings. The molecule has 1 aliphatic rings. The predicted octanol–water partition coefficient (Wildman–Crippen LogP) is 3.03.